The number of hydrogen-bond donors (Lipinski definition) is 0. The molecule has 0 heterocycles. The van der Waals surface area contributed by atoms with E-state index in [1.54, 1.807) is 0 Å². The second kappa shape index (κ2) is 3.07. The van der Waals surface area contributed by atoms with Gasteiger partial charge in [0.25, 0.3) is 0 Å². The molecule has 3 unspecified atom stereocenters. The van der Waals surface area contributed by atoms with Crippen molar-refractivity contribution < 1.29 is 9.53 Å². The Morgan fingerprint density at radius 3 is 2.73 bits per heavy atom. The van der Waals surface area contributed by atoms with Crippen molar-refractivity contribution in [1.29, 1.82) is 0 Å². The summed E-state index contributed by atoms with van der Waals surface area (Å²) < 4.78 is 4.57. The lowest BCUT2D eigenvalue weighted by Crippen LogP contribution is -2.01. The summed E-state index contributed by atoms with van der Waals surface area (Å²) in [5, 5.41) is 0. The van der Waals surface area contributed by atoms with Crippen LogP contribution in [0.25, 0.3) is 0 Å². The highest BCUT2D eigenvalue weighted by Crippen LogP contribution is 2.48. The minimum Gasteiger partial charge on any atom is -0.469 e. The second-order valence-corrected chi connectivity index (χ2v) is 3.12. The highest BCUT2D eigenvalue weighted by atomic mass is 16.5. The van der Waals surface area contributed by atoms with Crippen molar-refractivity contribution in [3.8, 4) is 0 Å². The SMILES string of the molecule is C=CC1C(C)C1CC(=O)OC. The number of methoxy groups -OCH3 is 1. The Kier molecular flexibility index (Phi) is 2.32. The lowest BCUT2D eigenvalue weighted by Gasteiger charge is -1.95. The third-order valence-corrected chi connectivity index (χ3v) is 2.54. The van der Waals surface area contributed by atoms with Crippen LogP contribution in [0.3, 0.4) is 0 Å². The van der Waals surface area contributed by atoms with Gasteiger partial charge in [0, 0.05) is 6.42 Å². The van der Waals surface area contributed by atoms with Gasteiger partial charge in [-0.1, -0.05) is 13.0 Å². The Hall–Kier alpha value is -0.790. The molecule has 62 valence electrons. The topological polar surface area (TPSA) is 26.3 Å². The molecule has 1 aliphatic rings. The van der Waals surface area contributed by atoms with Gasteiger partial charge in [0.15, 0.2) is 0 Å². The summed E-state index contributed by atoms with van der Waals surface area (Å²) in [4.78, 5) is 10.8. The highest BCUT2D eigenvalue weighted by molar-refractivity contribution is 5.70. The summed E-state index contributed by atoms with van der Waals surface area (Å²) in [6, 6.07) is 0. The van der Waals surface area contributed by atoms with E-state index < -0.39 is 0 Å². The lowest BCUT2D eigenvalue weighted by atomic mass is 10.2. The van der Waals surface area contributed by atoms with Crippen LogP contribution in [0.1, 0.15) is 13.3 Å². The van der Waals surface area contributed by atoms with Crippen LogP contribution < -0.4 is 0 Å². The molecule has 0 aliphatic heterocycles. The maximum atomic E-state index is 10.8. The van der Waals surface area contributed by atoms with Gasteiger partial charge in [0.05, 0.1) is 7.11 Å². The standard InChI is InChI=1S/C9H14O2/c1-4-7-6(2)8(7)5-9(10)11-3/h4,6-8H,1,5H2,2-3H3. The van der Waals surface area contributed by atoms with Crippen molar-refractivity contribution in [2.75, 3.05) is 7.11 Å². The van der Waals surface area contributed by atoms with Crippen molar-refractivity contribution in [3.63, 3.8) is 0 Å². The van der Waals surface area contributed by atoms with Gasteiger partial charge in [-0.3, -0.25) is 4.79 Å². The molecule has 0 radical (unpaired) electrons. The smallest absolute Gasteiger partial charge is 0.305 e. The van der Waals surface area contributed by atoms with Gasteiger partial charge in [-0.05, 0) is 17.8 Å². The number of carbonyl (C=O) groups is 1. The molecular weight excluding hydrogens is 140 g/mol. The Morgan fingerprint density at radius 2 is 2.36 bits per heavy atom. The zero-order valence-corrected chi connectivity index (χ0v) is 7.04. The molecule has 0 aromatic heterocycles. The molecular formula is C9H14O2. The second-order valence-electron chi connectivity index (χ2n) is 3.12. The molecule has 0 aromatic rings. The van der Waals surface area contributed by atoms with E-state index >= 15 is 0 Å². The number of esters is 1. The van der Waals surface area contributed by atoms with Crippen LogP contribution in [0.4, 0.5) is 0 Å². The van der Waals surface area contributed by atoms with Crippen LogP contribution in [0, 0.1) is 17.8 Å². The number of ether oxygens (including phenoxy) is 1. The van der Waals surface area contributed by atoms with E-state index in [2.05, 4.69) is 18.2 Å². The zero-order valence-electron chi connectivity index (χ0n) is 7.04. The van der Waals surface area contributed by atoms with Crippen molar-refractivity contribution in [2.24, 2.45) is 17.8 Å². The highest BCUT2D eigenvalue weighted by Gasteiger charge is 2.45. The maximum Gasteiger partial charge on any atom is 0.305 e. The molecule has 0 spiro atoms. The van der Waals surface area contributed by atoms with E-state index in [1.807, 2.05) is 6.08 Å². The molecule has 11 heavy (non-hydrogen) atoms. The fraction of sp³-hybridized carbons (Fsp3) is 0.667. The molecule has 2 heteroatoms. The fourth-order valence-corrected chi connectivity index (χ4v) is 1.57. The van der Waals surface area contributed by atoms with E-state index in [1.165, 1.54) is 7.11 Å². The van der Waals surface area contributed by atoms with Gasteiger partial charge >= 0.3 is 5.97 Å². The van der Waals surface area contributed by atoms with Crippen molar-refractivity contribution in [1.82, 2.24) is 0 Å². The number of carbonyl (C=O) groups excluding carboxylic acids is 1. The van der Waals surface area contributed by atoms with Crippen LogP contribution in [0.5, 0.6) is 0 Å². The molecule has 0 bridgehead atoms. The predicted octanol–water partition coefficient (Wildman–Crippen LogP) is 1.62. The molecule has 1 saturated carbocycles. The van der Waals surface area contributed by atoms with Gasteiger partial charge in [0.1, 0.15) is 0 Å². The molecule has 1 aliphatic carbocycles. The molecule has 3 atom stereocenters. The van der Waals surface area contributed by atoms with Crippen LogP contribution in [-0.2, 0) is 9.53 Å². The third-order valence-electron chi connectivity index (χ3n) is 2.54. The third kappa shape index (κ3) is 1.62. The first-order valence-electron chi connectivity index (χ1n) is 3.90. The molecule has 0 aromatic carbocycles. The van der Waals surface area contributed by atoms with Crippen LogP contribution >= 0.6 is 0 Å². The largest absolute Gasteiger partial charge is 0.469 e. The van der Waals surface area contributed by atoms with Gasteiger partial charge in [-0.15, -0.1) is 6.58 Å². The summed E-state index contributed by atoms with van der Waals surface area (Å²) in [6.07, 6.45) is 2.48. The average Bonchev–Trinajstić information content (AvgIpc) is 2.61. The minimum atomic E-state index is -0.105. The number of hydrogen-bond acceptors (Lipinski definition) is 2. The van der Waals surface area contributed by atoms with Crippen LogP contribution in [0.15, 0.2) is 12.7 Å². The zero-order chi connectivity index (χ0) is 8.43. The summed E-state index contributed by atoms with van der Waals surface area (Å²) in [6.45, 7) is 5.84. The summed E-state index contributed by atoms with van der Waals surface area (Å²) in [5.74, 6) is 1.53. The first-order chi connectivity index (χ1) is 5.20. The summed E-state index contributed by atoms with van der Waals surface area (Å²) in [5.41, 5.74) is 0. The molecule has 0 amide bonds. The average molecular weight is 154 g/mol. The van der Waals surface area contributed by atoms with Gasteiger partial charge in [-0.25, -0.2) is 0 Å². The monoisotopic (exact) mass is 154 g/mol. The van der Waals surface area contributed by atoms with Crippen molar-refractivity contribution >= 4 is 5.97 Å². The van der Waals surface area contributed by atoms with Gasteiger partial charge < -0.3 is 4.74 Å². The molecule has 2 nitrogen and oxygen atoms in total. The molecule has 0 saturated heterocycles. The number of rotatable bonds is 3. The Bertz CT molecular complexity index is 174. The van der Waals surface area contributed by atoms with E-state index in [4.69, 9.17) is 0 Å². The normalized spacial score (nSPS) is 34.5. The molecule has 1 rings (SSSR count). The molecule has 0 N–H and O–H groups in total. The quantitative estimate of drug-likeness (QED) is 0.456. The predicted molar refractivity (Wildman–Crippen MR) is 43.0 cm³/mol. The van der Waals surface area contributed by atoms with E-state index in [0.717, 1.165) is 0 Å². The fourth-order valence-electron chi connectivity index (χ4n) is 1.57. The first-order valence-corrected chi connectivity index (χ1v) is 3.90. The van der Waals surface area contributed by atoms with Crippen LogP contribution in [-0.4, -0.2) is 13.1 Å². The van der Waals surface area contributed by atoms with E-state index in [9.17, 15) is 4.79 Å². The minimum absolute atomic E-state index is 0.105. The number of allylic oxidation sites excluding steroid dienone is 1. The van der Waals surface area contributed by atoms with E-state index in [0.29, 0.717) is 24.2 Å². The van der Waals surface area contributed by atoms with E-state index in [-0.39, 0.29) is 5.97 Å². The Morgan fingerprint density at radius 1 is 1.73 bits per heavy atom. The Balaban J connectivity index is 2.30. The lowest BCUT2D eigenvalue weighted by molar-refractivity contribution is -0.141. The van der Waals surface area contributed by atoms with Crippen LogP contribution in [0.2, 0.25) is 0 Å². The molecule has 1 fully saturated rings. The van der Waals surface area contributed by atoms with Gasteiger partial charge in [0.2, 0.25) is 0 Å². The van der Waals surface area contributed by atoms with Crippen molar-refractivity contribution in [2.45, 2.75) is 13.3 Å². The maximum absolute atomic E-state index is 10.8. The van der Waals surface area contributed by atoms with Gasteiger partial charge in [-0.2, -0.15) is 0 Å². The summed E-state index contributed by atoms with van der Waals surface area (Å²) >= 11 is 0. The first kappa shape index (κ1) is 8.31. The Labute approximate surface area is 67.2 Å². The summed E-state index contributed by atoms with van der Waals surface area (Å²) in [7, 11) is 1.43. The van der Waals surface area contributed by atoms with Crippen molar-refractivity contribution in [3.05, 3.63) is 12.7 Å².